The fourth-order valence-electron chi connectivity index (χ4n) is 10.1. The third-order valence-corrected chi connectivity index (χ3v) is 15.0. The Labute approximate surface area is 445 Å². The van der Waals surface area contributed by atoms with Crippen LogP contribution in [0.25, 0.3) is 0 Å². The minimum atomic E-state index is -0.861. The smallest absolute Gasteiger partial charge is 0.220 e. The Balaban J connectivity index is 3.40. The van der Waals surface area contributed by atoms with Gasteiger partial charge in [-0.3, -0.25) is 4.79 Å². The van der Waals surface area contributed by atoms with Gasteiger partial charge < -0.3 is 15.5 Å². The van der Waals surface area contributed by atoms with E-state index in [0.717, 1.165) is 38.5 Å². The molecule has 0 aromatic rings. The van der Waals surface area contributed by atoms with Crippen molar-refractivity contribution in [2.24, 2.45) is 0 Å². The summed E-state index contributed by atoms with van der Waals surface area (Å²) in [6.45, 7) is 4.31. The van der Waals surface area contributed by atoms with Crippen molar-refractivity contribution in [1.82, 2.24) is 5.32 Å². The Morgan fingerprint density at radius 3 is 0.901 bits per heavy atom. The normalized spacial score (nSPS) is 13.0. The molecular weight excluding hydrogens is 867 g/mol. The summed E-state index contributed by atoms with van der Waals surface area (Å²) in [5, 5.41) is 23.2. The SMILES string of the molecule is CCCCCCC/C=C\C/C=C\CCCCCCCCCCCCCCCCCCCCCCCCCCCCCCCC(=O)NC(CO)C(O)/C=C/CC/C=C/CCCCCCCCCCCCCC. The zero-order valence-corrected chi connectivity index (χ0v) is 48.3. The van der Waals surface area contributed by atoms with Crippen molar-refractivity contribution in [3.63, 3.8) is 0 Å². The number of aliphatic hydroxyl groups is 2. The van der Waals surface area contributed by atoms with Crippen LogP contribution < -0.4 is 5.32 Å². The van der Waals surface area contributed by atoms with Gasteiger partial charge in [-0.15, -0.1) is 0 Å². The molecule has 4 heteroatoms. The van der Waals surface area contributed by atoms with Crippen molar-refractivity contribution in [2.75, 3.05) is 6.61 Å². The Kier molecular flexibility index (Phi) is 61.2. The molecule has 4 nitrogen and oxygen atoms in total. The standard InChI is InChI=1S/C67H127NO3/c1-3-5-7-9-11-13-15-17-19-21-23-24-25-26-27-28-29-30-31-32-33-34-35-36-37-38-39-40-41-42-43-44-45-47-49-51-53-55-57-59-61-63-67(71)68-65(64-69)66(70)62-60-58-56-54-52-50-48-46-22-20-18-16-14-12-10-8-6-4-2/h15,17,21,23,52,54,60,62,65-66,69-70H,3-14,16,18-20,22,24-51,53,55-59,61,63-64H2,1-2H3,(H,68,71)/b17-15-,23-21-,54-52+,62-60+. The summed E-state index contributed by atoms with van der Waals surface area (Å²) in [6, 6.07) is -0.638. The van der Waals surface area contributed by atoms with E-state index < -0.39 is 12.1 Å². The molecule has 0 radical (unpaired) electrons. The van der Waals surface area contributed by atoms with Crippen LogP contribution in [0, 0.1) is 0 Å². The van der Waals surface area contributed by atoms with E-state index in [9.17, 15) is 15.0 Å². The summed E-state index contributed by atoms with van der Waals surface area (Å²) in [7, 11) is 0. The maximum atomic E-state index is 12.5. The molecule has 0 heterocycles. The van der Waals surface area contributed by atoms with Crippen LogP contribution in [0.4, 0.5) is 0 Å². The fourth-order valence-corrected chi connectivity index (χ4v) is 10.1. The van der Waals surface area contributed by atoms with Crippen LogP contribution in [-0.2, 0) is 4.79 Å². The minimum absolute atomic E-state index is 0.0674. The monoisotopic (exact) mass is 994 g/mol. The number of unbranched alkanes of at least 4 members (excludes halogenated alkanes) is 47. The molecule has 0 aliphatic carbocycles. The molecule has 0 aliphatic rings. The van der Waals surface area contributed by atoms with E-state index in [4.69, 9.17) is 0 Å². The maximum absolute atomic E-state index is 12.5. The highest BCUT2D eigenvalue weighted by Gasteiger charge is 2.18. The van der Waals surface area contributed by atoms with Gasteiger partial charge in [-0.1, -0.05) is 332 Å². The van der Waals surface area contributed by atoms with Crippen molar-refractivity contribution in [3.8, 4) is 0 Å². The number of hydrogen-bond donors (Lipinski definition) is 3. The number of amides is 1. The van der Waals surface area contributed by atoms with Gasteiger partial charge in [0, 0.05) is 6.42 Å². The molecule has 0 bridgehead atoms. The van der Waals surface area contributed by atoms with Crippen LogP contribution in [0.15, 0.2) is 48.6 Å². The van der Waals surface area contributed by atoms with Gasteiger partial charge in [0.2, 0.25) is 5.91 Å². The van der Waals surface area contributed by atoms with Crippen molar-refractivity contribution >= 4 is 5.91 Å². The van der Waals surface area contributed by atoms with E-state index in [1.54, 1.807) is 6.08 Å². The first kappa shape index (κ1) is 69.3. The lowest BCUT2D eigenvalue weighted by Crippen LogP contribution is -2.45. The molecular formula is C67H127NO3. The first-order valence-electron chi connectivity index (χ1n) is 32.4. The Bertz CT molecular complexity index is 1130. The van der Waals surface area contributed by atoms with E-state index in [1.165, 1.54) is 295 Å². The third kappa shape index (κ3) is 59.1. The lowest BCUT2D eigenvalue weighted by atomic mass is 10.0. The number of allylic oxidation sites excluding steroid dienone is 7. The molecule has 2 atom stereocenters. The summed E-state index contributed by atoms with van der Waals surface area (Å²) in [5.41, 5.74) is 0. The Morgan fingerprint density at radius 1 is 0.338 bits per heavy atom. The van der Waals surface area contributed by atoms with Gasteiger partial charge in [-0.25, -0.2) is 0 Å². The topological polar surface area (TPSA) is 69.6 Å². The Hall–Kier alpha value is -1.65. The van der Waals surface area contributed by atoms with E-state index in [-0.39, 0.29) is 12.5 Å². The van der Waals surface area contributed by atoms with E-state index >= 15 is 0 Å². The number of carbonyl (C=O) groups excluding carboxylic acids is 1. The molecule has 0 aromatic carbocycles. The molecule has 0 saturated heterocycles. The molecule has 2 unspecified atom stereocenters. The van der Waals surface area contributed by atoms with Gasteiger partial charge in [-0.2, -0.15) is 0 Å². The van der Waals surface area contributed by atoms with E-state index in [2.05, 4.69) is 55.6 Å². The lowest BCUT2D eigenvalue weighted by Gasteiger charge is -2.19. The highest BCUT2D eigenvalue weighted by molar-refractivity contribution is 5.76. The average Bonchev–Trinajstić information content (AvgIpc) is 3.37. The van der Waals surface area contributed by atoms with Crippen LogP contribution in [0.1, 0.15) is 354 Å². The van der Waals surface area contributed by atoms with Crippen LogP contribution in [0.5, 0.6) is 0 Å². The Morgan fingerprint density at radius 2 is 0.592 bits per heavy atom. The number of hydrogen-bond acceptors (Lipinski definition) is 3. The number of carbonyl (C=O) groups is 1. The highest BCUT2D eigenvalue weighted by atomic mass is 16.3. The molecule has 0 fully saturated rings. The lowest BCUT2D eigenvalue weighted by molar-refractivity contribution is -0.123. The molecule has 1 amide bonds. The van der Waals surface area contributed by atoms with E-state index in [1.807, 2.05) is 6.08 Å². The molecule has 0 saturated carbocycles. The van der Waals surface area contributed by atoms with Crippen molar-refractivity contribution in [1.29, 1.82) is 0 Å². The fraction of sp³-hybridized carbons (Fsp3) is 0.866. The summed E-state index contributed by atoms with van der Waals surface area (Å²) in [4.78, 5) is 12.5. The minimum Gasteiger partial charge on any atom is -0.394 e. The quantitative estimate of drug-likeness (QED) is 0.0420. The average molecular weight is 995 g/mol. The van der Waals surface area contributed by atoms with Crippen LogP contribution in [0.3, 0.4) is 0 Å². The van der Waals surface area contributed by atoms with Crippen molar-refractivity contribution in [3.05, 3.63) is 48.6 Å². The molecule has 0 spiro atoms. The van der Waals surface area contributed by atoms with Gasteiger partial charge in [-0.05, 0) is 64.2 Å². The molecule has 0 rings (SSSR count). The molecule has 418 valence electrons. The number of nitrogens with one attached hydrogen (secondary N) is 1. The van der Waals surface area contributed by atoms with Crippen LogP contribution in [0.2, 0.25) is 0 Å². The summed E-state index contributed by atoms with van der Waals surface area (Å²) >= 11 is 0. The van der Waals surface area contributed by atoms with Crippen LogP contribution >= 0.6 is 0 Å². The first-order chi connectivity index (χ1) is 35.2. The van der Waals surface area contributed by atoms with Crippen molar-refractivity contribution in [2.45, 2.75) is 366 Å². The predicted molar refractivity (Wildman–Crippen MR) is 318 cm³/mol. The summed E-state index contributed by atoms with van der Waals surface area (Å²) < 4.78 is 0. The second-order valence-electron chi connectivity index (χ2n) is 22.2. The molecule has 3 N–H and O–H groups in total. The van der Waals surface area contributed by atoms with Crippen molar-refractivity contribution < 1.29 is 15.0 Å². The van der Waals surface area contributed by atoms with Gasteiger partial charge >= 0.3 is 0 Å². The predicted octanol–water partition coefficient (Wildman–Crippen LogP) is 21.8. The van der Waals surface area contributed by atoms with Gasteiger partial charge in [0.1, 0.15) is 0 Å². The number of aliphatic hydroxyl groups excluding tert-OH is 2. The number of rotatable bonds is 60. The molecule has 0 aliphatic heterocycles. The first-order valence-corrected chi connectivity index (χ1v) is 32.4. The molecule has 0 aromatic heterocycles. The maximum Gasteiger partial charge on any atom is 0.220 e. The van der Waals surface area contributed by atoms with Crippen LogP contribution in [-0.4, -0.2) is 34.9 Å². The van der Waals surface area contributed by atoms with Gasteiger partial charge in [0.25, 0.3) is 0 Å². The third-order valence-electron chi connectivity index (χ3n) is 15.0. The zero-order chi connectivity index (χ0) is 51.3. The van der Waals surface area contributed by atoms with E-state index in [0.29, 0.717) is 6.42 Å². The summed E-state index contributed by atoms with van der Waals surface area (Å²) in [5.74, 6) is -0.0674. The van der Waals surface area contributed by atoms with Gasteiger partial charge in [0.05, 0.1) is 18.8 Å². The van der Waals surface area contributed by atoms with Gasteiger partial charge in [0.15, 0.2) is 0 Å². The zero-order valence-electron chi connectivity index (χ0n) is 48.3. The summed E-state index contributed by atoms with van der Waals surface area (Å²) in [6.07, 6.45) is 87.6. The second kappa shape index (κ2) is 62.6. The second-order valence-corrected chi connectivity index (χ2v) is 22.2. The molecule has 71 heavy (non-hydrogen) atoms. The largest absolute Gasteiger partial charge is 0.394 e. The highest BCUT2D eigenvalue weighted by Crippen LogP contribution is 2.18.